The second-order valence-corrected chi connectivity index (χ2v) is 9.60. The van der Waals surface area contributed by atoms with Crippen LogP contribution in [0.15, 0.2) is 15.7 Å². The number of rotatable bonds is 3. The van der Waals surface area contributed by atoms with E-state index in [1.54, 1.807) is 10.4 Å². The minimum absolute atomic E-state index is 0.255. The molecule has 1 aliphatic rings. The number of nitrogens with two attached hydrogens (primary N) is 1. The number of hydrogen-bond acceptors (Lipinski definition) is 4. The van der Waals surface area contributed by atoms with Crippen LogP contribution in [-0.4, -0.2) is 25.8 Å². The van der Waals surface area contributed by atoms with Gasteiger partial charge in [-0.25, -0.2) is 8.42 Å². The zero-order valence-corrected chi connectivity index (χ0v) is 14.1. The van der Waals surface area contributed by atoms with Gasteiger partial charge in [-0.15, -0.1) is 11.3 Å². The van der Waals surface area contributed by atoms with Gasteiger partial charge in [0.1, 0.15) is 4.21 Å². The number of sulfonamides is 1. The van der Waals surface area contributed by atoms with Gasteiger partial charge < -0.3 is 5.73 Å². The molecule has 1 aromatic rings. The van der Waals surface area contributed by atoms with Crippen molar-refractivity contribution in [2.24, 2.45) is 17.1 Å². The fourth-order valence-electron chi connectivity index (χ4n) is 2.68. The lowest BCUT2D eigenvalue weighted by Gasteiger charge is -2.38. The third kappa shape index (κ3) is 3.24. The van der Waals surface area contributed by atoms with Gasteiger partial charge in [-0.3, -0.25) is 0 Å². The van der Waals surface area contributed by atoms with Gasteiger partial charge in [-0.1, -0.05) is 20.8 Å². The molecule has 1 aliphatic heterocycles. The lowest BCUT2D eigenvalue weighted by molar-refractivity contribution is 0.154. The van der Waals surface area contributed by atoms with Crippen molar-refractivity contribution in [2.45, 2.75) is 44.4 Å². The van der Waals surface area contributed by atoms with Gasteiger partial charge in [-0.2, -0.15) is 4.31 Å². The summed E-state index contributed by atoms with van der Waals surface area (Å²) in [4.78, 5) is 0. The molecule has 20 heavy (non-hydrogen) atoms. The van der Waals surface area contributed by atoms with Gasteiger partial charge in [0, 0.05) is 19.6 Å². The first kappa shape index (κ1) is 15.9. The van der Waals surface area contributed by atoms with Crippen LogP contribution >= 0.6 is 11.3 Å². The van der Waals surface area contributed by atoms with Gasteiger partial charge in [0.15, 0.2) is 0 Å². The van der Waals surface area contributed by atoms with Crippen molar-refractivity contribution in [2.75, 3.05) is 13.1 Å². The average molecular weight is 316 g/mol. The van der Waals surface area contributed by atoms with E-state index in [9.17, 15) is 8.42 Å². The maximum atomic E-state index is 12.6. The van der Waals surface area contributed by atoms with Gasteiger partial charge in [-0.05, 0) is 41.2 Å². The second kappa shape index (κ2) is 5.75. The largest absolute Gasteiger partial charge is 0.326 e. The molecule has 4 nitrogen and oxygen atoms in total. The molecule has 1 aromatic heterocycles. The summed E-state index contributed by atoms with van der Waals surface area (Å²) in [5, 5.41) is 1.83. The Labute approximate surface area is 126 Å². The highest BCUT2D eigenvalue weighted by Gasteiger charge is 2.34. The molecule has 2 rings (SSSR count). The third-order valence-corrected chi connectivity index (χ3v) is 7.50. The lowest BCUT2D eigenvalue weighted by Crippen LogP contribution is -2.41. The van der Waals surface area contributed by atoms with E-state index in [4.69, 9.17) is 5.73 Å². The van der Waals surface area contributed by atoms with Gasteiger partial charge in [0.25, 0.3) is 10.0 Å². The predicted molar refractivity (Wildman–Crippen MR) is 83.1 cm³/mol. The fourth-order valence-corrected chi connectivity index (χ4v) is 5.53. The molecule has 2 N–H and O–H groups in total. The van der Waals surface area contributed by atoms with E-state index < -0.39 is 10.0 Å². The Bertz CT molecular complexity index is 550. The van der Waals surface area contributed by atoms with E-state index >= 15 is 0 Å². The van der Waals surface area contributed by atoms with E-state index in [1.807, 2.05) is 5.38 Å². The summed E-state index contributed by atoms with van der Waals surface area (Å²) in [5.41, 5.74) is 6.69. The van der Waals surface area contributed by atoms with Crippen LogP contribution in [0.3, 0.4) is 0 Å². The van der Waals surface area contributed by atoms with Crippen LogP contribution in [0.1, 0.15) is 39.2 Å². The zero-order valence-electron chi connectivity index (χ0n) is 12.4. The number of hydrogen-bond donors (Lipinski definition) is 1. The molecule has 114 valence electrons. The summed E-state index contributed by atoms with van der Waals surface area (Å²) in [7, 11) is -3.32. The molecule has 0 saturated carbocycles. The molecule has 0 aromatic carbocycles. The molecule has 1 saturated heterocycles. The molecule has 0 amide bonds. The molecular formula is C14H24N2O2S2. The van der Waals surface area contributed by atoms with Crippen LogP contribution in [0.4, 0.5) is 0 Å². The van der Waals surface area contributed by atoms with Crippen molar-refractivity contribution < 1.29 is 8.42 Å². The first-order chi connectivity index (χ1) is 9.25. The minimum atomic E-state index is -3.32. The van der Waals surface area contributed by atoms with E-state index in [0.717, 1.165) is 18.4 Å². The predicted octanol–water partition coefficient (Wildman–Crippen LogP) is 2.65. The maximum Gasteiger partial charge on any atom is 0.252 e. The number of thiophene rings is 1. The van der Waals surface area contributed by atoms with Gasteiger partial charge in [0.2, 0.25) is 0 Å². The second-order valence-electron chi connectivity index (χ2n) is 6.52. The topological polar surface area (TPSA) is 63.4 Å². The highest BCUT2D eigenvalue weighted by atomic mass is 32.2. The van der Waals surface area contributed by atoms with Crippen LogP contribution in [-0.2, 0) is 16.6 Å². The summed E-state index contributed by atoms with van der Waals surface area (Å²) in [6, 6.07) is 1.70. The Morgan fingerprint density at radius 1 is 1.35 bits per heavy atom. The first-order valence-corrected chi connectivity index (χ1v) is 9.35. The zero-order chi connectivity index (χ0) is 15.0. The summed E-state index contributed by atoms with van der Waals surface area (Å²) < 4.78 is 27.2. The SMILES string of the molecule is CC(C)(C)C1CCN(S(=O)(=O)c2cc(CN)cs2)CC1. The van der Waals surface area contributed by atoms with Crippen molar-refractivity contribution in [1.82, 2.24) is 4.31 Å². The summed E-state index contributed by atoms with van der Waals surface area (Å²) in [6.45, 7) is 8.33. The monoisotopic (exact) mass is 316 g/mol. The molecule has 0 unspecified atom stereocenters. The Balaban J connectivity index is 2.09. The van der Waals surface area contributed by atoms with Crippen LogP contribution in [0.2, 0.25) is 0 Å². The first-order valence-electron chi connectivity index (χ1n) is 7.03. The van der Waals surface area contributed by atoms with Crippen molar-refractivity contribution in [3.63, 3.8) is 0 Å². The van der Waals surface area contributed by atoms with E-state index in [2.05, 4.69) is 20.8 Å². The molecule has 0 bridgehead atoms. The quantitative estimate of drug-likeness (QED) is 0.932. The standard InChI is InChI=1S/C14H24N2O2S2/c1-14(2,3)12-4-6-16(7-5-12)20(17,18)13-8-11(9-15)10-19-13/h8,10,12H,4-7,9,15H2,1-3H3. The molecule has 2 heterocycles. The lowest BCUT2D eigenvalue weighted by atomic mass is 9.76. The molecule has 6 heteroatoms. The van der Waals surface area contributed by atoms with E-state index in [0.29, 0.717) is 29.8 Å². The van der Waals surface area contributed by atoms with E-state index in [-0.39, 0.29) is 5.41 Å². The molecule has 0 radical (unpaired) electrons. The minimum Gasteiger partial charge on any atom is -0.326 e. The Kier molecular flexibility index (Phi) is 4.59. The van der Waals surface area contributed by atoms with Crippen LogP contribution in [0, 0.1) is 11.3 Å². The van der Waals surface area contributed by atoms with E-state index in [1.165, 1.54) is 11.3 Å². The summed E-state index contributed by atoms with van der Waals surface area (Å²) in [5.74, 6) is 0.594. The Morgan fingerprint density at radius 3 is 2.40 bits per heavy atom. The normalized spacial score (nSPS) is 19.4. The van der Waals surface area contributed by atoms with Crippen LogP contribution in [0.25, 0.3) is 0 Å². The smallest absolute Gasteiger partial charge is 0.252 e. The highest BCUT2D eigenvalue weighted by Crippen LogP contribution is 2.36. The Hall–Kier alpha value is -0.430. The highest BCUT2D eigenvalue weighted by molar-refractivity contribution is 7.91. The number of nitrogens with zero attached hydrogens (tertiary/aromatic N) is 1. The van der Waals surface area contributed by atoms with Crippen molar-refractivity contribution in [3.8, 4) is 0 Å². The average Bonchev–Trinajstić information content (AvgIpc) is 2.87. The fraction of sp³-hybridized carbons (Fsp3) is 0.714. The van der Waals surface area contributed by atoms with Crippen molar-refractivity contribution >= 4 is 21.4 Å². The molecule has 1 fully saturated rings. The van der Waals surface area contributed by atoms with Gasteiger partial charge in [0.05, 0.1) is 0 Å². The van der Waals surface area contributed by atoms with Crippen LogP contribution in [0.5, 0.6) is 0 Å². The van der Waals surface area contributed by atoms with Crippen LogP contribution < -0.4 is 5.73 Å². The van der Waals surface area contributed by atoms with Gasteiger partial charge >= 0.3 is 0 Å². The Morgan fingerprint density at radius 2 is 1.95 bits per heavy atom. The maximum absolute atomic E-state index is 12.6. The number of piperidine rings is 1. The summed E-state index contributed by atoms with van der Waals surface area (Å²) in [6.07, 6.45) is 1.88. The molecule has 0 aliphatic carbocycles. The third-order valence-electron chi connectivity index (χ3n) is 4.14. The molecular weight excluding hydrogens is 292 g/mol. The summed E-state index contributed by atoms with van der Waals surface area (Å²) >= 11 is 1.27. The molecule has 0 spiro atoms. The molecule has 0 atom stereocenters. The van der Waals surface area contributed by atoms with Crippen molar-refractivity contribution in [3.05, 3.63) is 17.0 Å². The van der Waals surface area contributed by atoms with Crippen molar-refractivity contribution in [1.29, 1.82) is 0 Å².